The first-order valence-electron chi connectivity index (χ1n) is 5.72. The van der Waals surface area contributed by atoms with Crippen molar-refractivity contribution in [2.75, 3.05) is 5.73 Å². The average Bonchev–Trinajstić information content (AvgIpc) is 2.35. The van der Waals surface area contributed by atoms with E-state index in [1.54, 1.807) is 18.2 Å². The molecule has 0 bridgehead atoms. The van der Waals surface area contributed by atoms with Gasteiger partial charge in [0, 0.05) is 4.47 Å². The van der Waals surface area contributed by atoms with Crippen LogP contribution in [0.15, 0.2) is 51.8 Å². The zero-order chi connectivity index (χ0) is 14.0. The summed E-state index contributed by atoms with van der Waals surface area (Å²) in [5.41, 5.74) is 7.79. The number of aryl methyl sites for hydroxylation is 1. The van der Waals surface area contributed by atoms with Crippen molar-refractivity contribution in [2.24, 2.45) is 0 Å². The Morgan fingerprint density at radius 2 is 1.84 bits per heavy atom. The van der Waals surface area contributed by atoms with Crippen LogP contribution in [0.3, 0.4) is 0 Å². The molecule has 0 aliphatic carbocycles. The average molecular weight is 340 g/mol. The normalized spacial score (nSPS) is 11.5. The van der Waals surface area contributed by atoms with Crippen molar-refractivity contribution in [3.05, 3.63) is 58.1 Å². The zero-order valence-electron chi connectivity index (χ0n) is 10.4. The molecule has 5 heteroatoms. The van der Waals surface area contributed by atoms with E-state index in [2.05, 4.69) is 15.9 Å². The van der Waals surface area contributed by atoms with Gasteiger partial charge in [-0.1, -0.05) is 40.2 Å². The van der Waals surface area contributed by atoms with E-state index >= 15 is 0 Å². The van der Waals surface area contributed by atoms with Crippen molar-refractivity contribution in [1.29, 1.82) is 0 Å². The molecule has 0 spiro atoms. The second kappa shape index (κ2) is 5.35. The van der Waals surface area contributed by atoms with Crippen LogP contribution in [0.2, 0.25) is 0 Å². The summed E-state index contributed by atoms with van der Waals surface area (Å²) in [5, 5.41) is 0. The van der Waals surface area contributed by atoms with Gasteiger partial charge in [0.25, 0.3) is 0 Å². The molecule has 0 aliphatic rings. The monoisotopic (exact) mass is 339 g/mol. The van der Waals surface area contributed by atoms with Crippen molar-refractivity contribution in [2.45, 2.75) is 17.6 Å². The van der Waals surface area contributed by atoms with E-state index in [0.29, 0.717) is 4.47 Å². The first-order valence-corrected chi connectivity index (χ1v) is 8.17. The predicted octanol–water partition coefficient (Wildman–Crippen LogP) is 3.31. The molecule has 3 nitrogen and oxygen atoms in total. The smallest absolute Gasteiger partial charge is 0.184 e. The molecule has 100 valence electrons. The molecule has 2 rings (SSSR count). The van der Waals surface area contributed by atoms with E-state index in [-0.39, 0.29) is 16.3 Å². The third-order valence-electron chi connectivity index (χ3n) is 2.92. The van der Waals surface area contributed by atoms with Crippen molar-refractivity contribution in [1.82, 2.24) is 0 Å². The van der Waals surface area contributed by atoms with Gasteiger partial charge in [-0.05, 0) is 36.2 Å². The Kier molecular flexibility index (Phi) is 3.96. The molecule has 0 aliphatic heterocycles. The number of benzene rings is 2. The molecule has 0 saturated carbocycles. The molecule has 0 atom stereocenters. The molecule has 0 amide bonds. The number of anilines is 1. The number of rotatable bonds is 3. The Bertz CT molecular complexity index is 711. The Balaban J connectivity index is 2.44. The highest BCUT2D eigenvalue weighted by Gasteiger charge is 2.19. The zero-order valence-corrected chi connectivity index (χ0v) is 12.8. The lowest BCUT2D eigenvalue weighted by molar-refractivity contribution is 0.595. The van der Waals surface area contributed by atoms with Crippen LogP contribution < -0.4 is 5.73 Å². The lowest BCUT2D eigenvalue weighted by Gasteiger charge is -2.10. The predicted molar refractivity (Wildman–Crippen MR) is 80.6 cm³/mol. The van der Waals surface area contributed by atoms with Gasteiger partial charge in [-0.3, -0.25) is 0 Å². The summed E-state index contributed by atoms with van der Waals surface area (Å²) in [6.07, 6.45) is 0. The summed E-state index contributed by atoms with van der Waals surface area (Å²) in [4.78, 5) is 0.171. The van der Waals surface area contributed by atoms with Crippen molar-refractivity contribution in [3.63, 3.8) is 0 Å². The third kappa shape index (κ3) is 3.16. The van der Waals surface area contributed by atoms with E-state index in [1.165, 1.54) is 0 Å². The number of hydrogen-bond acceptors (Lipinski definition) is 3. The highest BCUT2D eigenvalue weighted by atomic mass is 79.9. The number of sulfone groups is 1. The van der Waals surface area contributed by atoms with E-state index in [1.807, 2.05) is 31.2 Å². The summed E-state index contributed by atoms with van der Waals surface area (Å²) < 4.78 is 25.6. The highest BCUT2D eigenvalue weighted by Crippen LogP contribution is 2.26. The Morgan fingerprint density at radius 3 is 2.53 bits per heavy atom. The van der Waals surface area contributed by atoms with Gasteiger partial charge in [-0.2, -0.15) is 0 Å². The minimum atomic E-state index is -3.44. The number of nitrogens with two attached hydrogens (primary N) is 1. The molecule has 0 fully saturated rings. The Labute approximate surface area is 121 Å². The molecular weight excluding hydrogens is 326 g/mol. The number of hydrogen-bond donors (Lipinski definition) is 1. The van der Waals surface area contributed by atoms with Crippen molar-refractivity contribution >= 4 is 31.5 Å². The van der Waals surface area contributed by atoms with Crippen molar-refractivity contribution in [3.8, 4) is 0 Å². The molecule has 0 radical (unpaired) electrons. The van der Waals surface area contributed by atoms with E-state index in [0.717, 1.165) is 11.1 Å². The summed E-state index contributed by atoms with van der Waals surface area (Å²) >= 11 is 3.27. The maximum atomic E-state index is 12.4. The van der Waals surface area contributed by atoms with Crippen molar-refractivity contribution < 1.29 is 8.42 Å². The standard InChI is InChI=1S/C14H14BrNO2S/c1-10-4-2-3-5-11(10)9-19(17,18)14-8-12(15)6-7-13(14)16/h2-8H,9,16H2,1H3. The molecule has 19 heavy (non-hydrogen) atoms. The molecule has 2 N–H and O–H groups in total. The van der Waals surface area contributed by atoms with Gasteiger partial charge >= 0.3 is 0 Å². The van der Waals surface area contributed by atoms with Crippen LogP contribution >= 0.6 is 15.9 Å². The molecule has 0 aromatic heterocycles. The molecular formula is C14H14BrNO2S. The van der Waals surface area contributed by atoms with Gasteiger partial charge in [0.1, 0.15) is 0 Å². The van der Waals surface area contributed by atoms with Crippen LogP contribution in [0.4, 0.5) is 5.69 Å². The van der Waals surface area contributed by atoms with Gasteiger partial charge in [-0.25, -0.2) is 8.42 Å². The van der Waals surface area contributed by atoms with Crippen LogP contribution in [-0.4, -0.2) is 8.42 Å². The van der Waals surface area contributed by atoms with Crippen LogP contribution in [0.25, 0.3) is 0 Å². The minimum absolute atomic E-state index is 0.0413. The number of halogens is 1. The number of nitrogen functional groups attached to an aromatic ring is 1. The highest BCUT2D eigenvalue weighted by molar-refractivity contribution is 9.10. The van der Waals surface area contributed by atoms with Gasteiger partial charge in [0.05, 0.1) is 16.3 Å². The first kappa shape index (κ1) is 14.1. The van der Waals surface area contributed by atoms with Gasteiger partial charge in [0.2, 0.25) is 0 Å². The molecule has 0 unspecified atom stereocenters. The summed E-state index contributed by atoms with van der Waals surface area (Å²) in [6.45, 7) is 1.90. The maximum Gasteiger partial charge on any atom is 0.184 e. The fourth-order valence-corrected chi connectivity index (χ4v) is 3.97. The summed E-state index contributed by atoms with van der Waals surface area (Å²) in [5.74, 6) is -0.0413. The van der Waals surface area contributed by atoms with E-state index in [9.17, 15) is 8.42 Å². The lowest BCUT2D eigenvalue weighted by Crippen LogP contribution is -2.08. The fourth-order valence-electron chi connectivity index (χ4n) is 1.83. The topological polar surface area (TPSA) is 60.2 Å². The summed E-state index contributed by atoms with van der Waals surface area (Å²) in [6, 6.07) is 12.3. The third-order valence-corrected chi connectivity index (χ3v) is 5.13. The van der Waals surface area contributed by atoms with Gasteiger partial charge < -0.3 is 5.73 Å². The van der Waals surface area contributed by atoms with E-state index < -0.39 is 9.84 Å². The quantitative estimate of drug-likeness (QED) is 0.872. The lowest BCUT2D eigenvalue weighted by atomic mass is 10.1. The molecule has 2 aromatic rings. The van der Waals surface area contributed by atoms with Gasteiger partial charge in [-0.15, -0.1) is 0 Å². The van der Waals surface area contributed by atoms with Crippen LogP contribution in [0.5, 0.6) is 0 Å². The first-order chi connectivity index (χ1) is 8.90. The Hall–Kier alpha value is -1.33. The SMILES string of the molecule is Cc1ccccc1CS(=O)(=O)c1cc(Br)ccc1N. The van der Waals surface area contributed by atoms with Crippen LogP contribution in [-0.2, 0) is 15.6 Å². The summed E-state index contributed by atoms with van der Waals surface area (Å²) in [7, 11) is -3.44. The fraction of sp³-hybridized carbons (Fsp3) is 0.143. The van der Waals surface area contributed by atoms with Crippen LogP contribution in [0.1, 0.15) is 11.1 Å². The van der Waals surface area contributed by atoms with Gasteiger partial charge in [0.15, 0.2) is 9.84 Å². The molecule has 0 saturated heterocycles. The second-order valence-corrected chi connectivity index (χ2v) is 7.24. The Morgan fingerprint density at radius 1 is 1.16 bits per heavy atom. The van der Waals surface area contributed by atoms with E-state index in [4.69, 9.17) is 5.73 Å². The molecule has 0 heterocycles. The largest absolute Gasteiger partial charge is 0.398 e. The van der Waals surface area contributed by atoms with Crippen LogP contribution in [0, 0.1) is 6.92 Å². The maximum absolute atomic E-state index is 12.4. The second-order valence-electron chi connectivity index (χ2n) is 4.37. The minimum Gasteiger partial charge on any atom is -0.398 e. The molecule has 2 aromatic carbocycles.